The first-order valence-electron chi connectivity index (χ1n) is 9.71. The third kappa shape index (κ3) is 4.71. The second kappa shape index (κ2) is 9.91. The summed E-state index contributed by atoms with van der Waals surface area (Å²) >= 11 is 0. The summed E-state index contributed by atoms with van der Waals surface area (Å²) < 4.78 is 31.6. The Kier molecular flexibility index (Phi) is 7.65. The first kappa shape index (κ1) is 24.7. The smallest absolute Gasteiger partial charge is 0.229 e. The number of methoxy groups -OCH3 is 2. The molecule has 2 aliphatic rings. The fourth-order valence-electron chi connectivity index (χ4n) is 3.35. The highest BCUT2D eigenvalue weighted by Crippen LogP contribution is 2.40. The van der Waals surface area contributed by atoms with Gasteiger partial charge in [-0.3, -0.25) is 0 Å². The van der Waals surface area contributed by atoms with Gasteiger partial charge in [-0.15, -0.1) is 0 Å². The standard InChI is InChI=1S/C19H28O13/c1-27-9-3-8(4-10(28-2)12(9)21)31-17-15(24)14(23)13(22)11(32-17)5-29-18-16(25)19(26,6-20)7-30-18/h3-4,11,13-18,20-26H,5-7H2,1-2H3/t11-,13-,14-,15-,16+,17-,18-,19?/m1/s1. The van der Waals surface area contributed by atoms with Crippen molar-refractivity contribution in [2.24, 2.45) is 0 Å². The third-order valence-electron chi connectivity index (χ3n) is 5.38. The van der Waals surface area contributed by atoms with Gasteiger partial charge >= 0.3 is 0 Å². The van der Waals surface area contributed by atoms with Crippen LogP contribution in [0.1, 0.15) is 0 Å². The molecule has 13 heteroatoms. The number of phenolic OH excluding ortho intramolecular Hbond substituents is 1. The van der Waals surface area contributed by atoms with Gasteiger partial charge < -0.3 is 64.2 Å². The minimum atomic E-state index is -1.89. The van der Waals surface area contributed by atoms with Gasteiger partial charge in [0.15, 0.2) is 17.8 Å². The van der Waals surface area contributed by atoms with Gasteiger partial charge in [-0.25, -0.2) is 0 Å². The molecule has 182 valence electrons. The SMILES string of the molecule is COc1cc(O[C@@H]2O[C@H](CO[C@@H]3OCC(O)(CO)[C@H]3O)[C@@H](O)[C@@H](O)[C@H]2O)cc(OC)c1O. The lowest BCUT2D eigenvalue weighted by Crippen LogP contribution is -2.60. The number of hydrogen-bond acceptors (Lipinski definition) is 13. The zero-order valence-corrected chi connectivity index (χ0v) is 17.4. The van der Waals surface area contributed by atoms with Crippen LogP contribution < -0.4 is 14.2 Å². The highest BCUT2D eigenvalue weighted by molar-refractivity contribution is 5.54. The van der Waals surface area contributed by atoms with Crippen molar-refractivity contribution in [3.05, 3.63) is 12.1 Å². The number of rotatable bonds is 8. The summed E-state index contributed by atoms with van der Waals surface area (Å²) in [6.07, 6.45) is -10.5. The summed E-state index contributed by atoms with van der Waals surface area (Å²) in [7, 11) is 2.63. The normalized spacial score (nSPS) is 37.3. The van der Waals surface area contributed by atoms with Gasteiger partial charge in [0.05, 0.1) is 34.0 Å². The molecule has 7 N–H and O–H groups in total. The maximum Gasteiger partial charge on any atom is 0.229 e. The first-order valence-corrected chi connectivity index (χ1v) is 9.71. The zero-order valence-electron chi connectivity index (χ0n) is 17.4. The van der Waals surface area contributed by atoms with Crippen molar-refractivity contribution in [1.29, 1.82) is 0 Å². The monoisotopic (exact) mass is 464 g/mol. The van der Waals surface area contributed by atoms with Gasteiger partial charge in [0.25, 0.3) is 0 Å². The summed E-state index contributed by atoms with van der Waals surface area (Å²) in [5, 5.41) is 70.0. The number of aliphatic hydroxyl groups excluding tert-OH is 5. The van der Waals surface area contributed by atoms with Gasteiger partial charge in [0, 0.05) is 12.1 Å². The molecule has 1 aromatic rings. The van der Waals surface area contributed by atoms with Crippen LogP contribution in [0.25, 0.3) is 0 Å². The Morgan fingerprint density at radius 1 is 1.00 bits per heavy atom. The van der Waals surface area contributed by atoms with Crippen LogP contribution >= 0.6 is 0 Å². The minimum Gasteiger partial charge on any atom is -0.502 e. The molecule has 8 atom stereocenters. The van der Waals surface area contributed by atoms with E-state index in [1.54, 1.807) is 0 Å². The average Bonchev–Trinajstić information content (AvgIpc) is 3.08. The minimum absolute atomic E-state index is 0.0221. The van der Waals surface area contributed by atoms with Crippen molar-refractivity contribution in [3.63, 3.8) is 0 Å². The van der Waals surface area contributed by atoms with Crippen LogP contribution in [0.4, 0.5) is 0 Å². The highest BCUT2D eigenvalue weighted by Gasteiger charge is 2.50. The van der Waals surface area contributed by atoms with Crippen LogP contribution in [0.5, 0.6) is 23.0 Å². The lowest BCUT2D eigenvalue weighted by molar-refractivity contribution is -0.289. The summed E-state index contributed by atoms with van der Waals surface area (Å²) in [6, 6.07) is 2.60. The van der Waals surface area contributed by atoms with Gasteiger partial charge in [0.2, 0.25) is 12.0 Å². The predicted octanol–water partition coefficient (Wildman–Crippen LogP) is -2.95. The second-order valence-electron chi connectivity index (χ2n) is 7.53. The highest BCUT2D eigenvalue weighted by atomic mass is 16.7. The maximum atomic E-state index is 10.3. The third-order valence-corrected chi connectivity index (χ3v) is 5.38. The van der Waals surface area contributed by atoms with Crippen LogP contribution in [0, 0.1) is 0 Å². The molecule has 13 nitrogen and oxygen atoms in total. The molecular weight excluding hydrogens is 436 g/mol. The number of benzene rings is 1. The molecule has 0 aromatic heterocycles. The van der Waals surface area contributed by atoms with Crippen molar-refractivity contribution in [2.75, 3.05) is 34.0 Å². The van der Waals surface area contributed by atoms with Crippen LogP contribution in [-0.2, 0) is 14.2 Å². The van der Waals surface area contributed by atoms with Crippen molar-refractivity contribution in [2.45, 2.75) is 48.7 Å². The Hall–Kier alpha value is -1.94. The van der Waals surface area contributed by atoms with Gasteiger partial charge in [-0.1, -0.05) is 0 Å². The van der Waals surface area contributed by atoms with E-state index in [-0.39, 0.29) is 29.6 Å². The van der Waals surface area contributed by atoms with Crippen molar-refractivity contribution in [1.82, 2.24) is 0 Å². The number of aromatic hydroxyl groups is 1. The Morgan fingerprint density at radius 2 is 1.62 bits per heavy atom. The van der Waals surface area contributed by atoms with E-state index in [1.165, 1.54) is 26.4 Å². The fraction of sp³-hybridized carbons (Fsp3) is 0.684. The quantitative estimate of drug-likeness (QED) is 0.206. The predicted molar refractivity (Wildman–Crippen MR) is 102 cm³/mol. The van der Waals surface area contributed by atoms with Crippen LogP contribution in [0.15, 0.2) is 12.1 Å². The van der Waals surface area contributed by atoms with E-state index in [4.69, 9.17) is 28.4 Å². The molecule has 2 aliphatic heterocycles. The topological polar surface area (TPSA) is 197 Å². The van der Waals surface area contributed by atoms with E-state index in [9.17, 15) is 35.7 Å². The first-order chi connectivity index (χ1) is 15.1. The fourth-order valence-corrected chi connectivity index (χ4v) is 3.35. The maximum absolute atomic E-state index is 10.3. The van der Waals surface area contributed by atoms with Crippen LogP contribution in [-0.4, -0.2) is 118 Å². The molecule has 0 bridgehead atoms. The largest absolute Gasteiger partial charge is 0.502 e. The van der Waals surface area contributed by atoms with Crippen LogP contribution in [0.2, 0.25) is 0 Å². The molecule has 0 aliphatic carbocycles. The molecule has 0 radical (unpaired) electrons. The summed E-state index contributed by atoms with van der Waals surface area (Å²) in [5.74, 6) is -0.166. The molecule has 2 heterocycles. The lowest BCUT2D eigenvalue weighted by atomic mass is 9.99. The Bertz CT molecular complexity index is 751. The van der Waals surface area contributed by atoms with E-state index in [0.29, 0.717) is 0 Å². The van der Waals surface area contributed by atoms with E-state index in [2.05, 4.69) is 0 Å². The molecular formula is C19H28O13. The number of ether oxygens (including phenoxy) is 6. The molecule has 1 unspecified atom stereocenters. The Labute approximate surface area is 182 Å². The molecule has 2 saturated heterocycles. The van der Waals surface area contributed by atoms with E-state index >= 15 is 0 Å². The molecule has 0 spiro atoms. The molecule has 1 aromatic carbocycles. The molecule has 3 rings (SSSR count). The zero-order chi connectivity index (χ0) is 23.6. The van der Waals surface area contributed by atoms with Crippen LogP contribution in [0.3, 0.4) is 0 Å². The van der Waals surface area contributed by atoms with Crippen molar-refractivity contribution < 1.29 is 64.2 Å². The van der Waals surface area contributed by atoms with Gasteiger partial charge in [0.1, 0.15) is 41.9 Å². The van der Waals surface area contributed by atoms with E-state index < -0.39 is 61.9 Å². The molecule has 2 fully saturated rings. The van der Waals surface area contributed by atoms with Gasteiger partial charge in [-0.2, -0.15) is 0 Å². The lowest BCUT2D eigenvalue weighted by Gasteiger charge is -2.40. The molecule has 0 amide bonds. The number of hydrogen-bond donors (Lipinski definition) is 7. The Morgan fingerprint density at radius 3 is 2.16 bits per heavy atom. The summed E-state index contributed by atoms with van der Waals surface area (Å²) in [6.45, 7) is -1.55. The van der Waals surface area contributed by atoms with Crippen molar-refractivity contribution >= 4 is 0 Å². The van der Waals surface area contributed by atoms with E-state index in [1.807, 2.05) is 0 Å². The second-order valence-corrected chi connectivity index (χ2v) is 7.53. The number of aliphatic hydroxyl groups is 6. The van der Waals surface area contributed by atoms with Gasteiger partial charge in [-0.05, 0) is 0 Å². The Balaban J connectivity index is 1.69. The van der Waals surface area contributed by atoms with E-state index in [0.717, 1.165) is 0 Å². The average molecular weight is 464 g/mol. The molecule has 32 heavy (non-hydrogen) atoms. The summed E-state index contributed by atoms with van der Waals surface area (Å²) in [4.78, 5) is 0. The summed E-state index contributed by atoms with van der Waals surface area (Å²) in [5.41, 5.74) is -1.89. The number of phenols is 1. The van der Waals surface area contributed by atoms with Crippen molar-refractivity contribution in [3.8, 4) is 23.0 Å². The molecule has 0 saturated carbocycles.